The number of hydrogen-bond acceptors (Lipinski definition) is 5. The lowest BCUT2D eigenvalue weighted by atomic mass is 9.83. The second-order valence-electron chi connectivity index (χ2n) is 9.07. The van der Waals surface area contributed by atoms with Crippen molar-refractivity contribution in [3.63, 3.8) is 0 Å². The molecule has 2 aromatic rings. The van der Waals surface area contributed by atoms with Gasteiger partial charge >= 0.3 is 12.3 Å². The molecule has 4 rings (SSSR count). The Morgan fingerprint density at radius 1 is 1.11 bits per heavy atom. The summed E-state index contributed by atoms with van der Waals surface area (Å²) in [6, 6.07) is 16.9. The average molecular weight is 494 g/mol. The number of piperidine rings is 1. The van der Waals surface area contributed by atoms with E-state index in [-0.39, 0.29) is 31.2 Å². The van der Waals surface area contributed by atoms with Crippen molar-refractivity contribution in [1.82, 2.24) is 4.90 Å². The first-order valence-electron chi connectivity index (χ1n) is 11.7. The van der Waals surface area contributed by atoms with Crippen molar-refractivity contribution in [2.45, 2.75) is 49.7 Å². The molecule has 2 aliphatic rings. The van der Waals surface area contributed by atoms with Gasteiger partial charge in [0, 0.05) is 19.0 Å². The van der Waals surface area contributed by atoms with E-state index in [0.29, 0.717) is 30.8 Å². The van der Waals surface area contributed by atoms with Gasteiger partial charge in [0.1, 0.15) is 5.75 Å². The highest BCUT2D eigenvalue weighted by atomic mass is 19.4. The van der Waals surface area contributed by atoms with Gasteiger partial charge in [0.2, 0.25) is 6.10 Å². The number of likely N-dealkylation sites (tertiary alicyclic amines) is 1. The Kier molecular flexibility index (Phi) is 7.86. The van der Waals surface area contributed by atoms with Crippen molar-refractivity contribution in [2.75, 3.05) is 33.4 Å². The van der Waals surface area contributed by atoms with Crippen LogP contribution in [0, 0.1) is 0 Å². The summed E-state index contributed by atoms with van der Waals surface area (Å²) in [5.41, 5.74) is 1.56. The van der Waals surface area contributed by atoms with Gasteiger partial charge in [0.15, 0.2) is 0 Å². The number of carbonyl (C=O) groups excluding carboxylic acids is 1. The maximum Gasteiger partial charge on any atom is 0.427 e. The van der Waals surface area contributed by atoms with E-state index in [1.165, 1.54) is 17.6 Å². The van der Waals surface area contributed by atoms with Crippen LogP contribution in [0.4, 0.5) is 18.0 Å². The number of alkyl halides is 3. The zero-order valence-electron chi connectivity index (χ0n) is 19.6. The first-order valence-corrected chi connectivity index (χ1v) is 11.7. The lowest BCUT2D eigenvalue weighted by molar-refractivity contribution is -0.220. The average Bonchev–Trinajstić information content (AvgIpc) is 3.27. The van der Waals surface area contributed by atoms with Crippen LogP contribution in [0.5, 0.6) is 5.75 Å². The van der Waals surface area contributed by atoms with E-state index in [1.807, 2.05) is 18.2 Å². The molecule has 0 aromatic heterocycles. The van der Waals surface area contributed by atoms with Gasteiger partial charge in [0.05, 0.1) is 32.5 Å². The van der Waals surface area contributed by atoms with Crippen LogP contribution in [0.2, 0.25) is 0 Å². The molecule has 0 radical (unpaired) electrons. The SMILES string of the molecule is COc1ccc(COCC(OC(=O)N2CCC3(CC2)CC(c2ccccc2)CO3)C(F)(F)F)cc1. The molecule has 1 amide bonds. The molecule has 1 spiro atoms. The van der Waals surface area contributed by atoms with Gasteiger partial charge < -0.3 is 23.8 Å². The zero-order chi connectivity index (χ0) is 24.9. The third-order valence-electron chi connectivity index (χ3n) is 6.72. The summed E-state index contributed by atoms with van der Waals surface area (Å²) in [6.45, 7) is 0.368. The standard InChI is InChI=1S/C26H30F3NO5/c1-32-22-9-7-19(8-10-22)16-33-18-23(26(27,28)29)35-24(31)30-13-11-25(12-14-30)15-21(17-34-25)20-5-3-2-4-6-20/h2-10,21,23H,11-18H2,1H3. The van der Waals surface area contributed by atoms with Crippen LogP contribution in [0.25, 0.3) is 0 Å². The molecule has 9 heteroatoms. The Balaban J connectivity index is 1.26. The lowest BCUT2D eigenvalue weighted by Gasteiger charge is -2.38. The maximum absolute atomic E-state index is 13.5. The van der Waals surface area contributed by atoms with Crippen LogP contribution in [0.15, 0.2) is 54.6 Å². The fourth-order valence-electron chi connectivity index (χ4n) is 4.63. The second kappa shape index (κ2) is 10.9. The highest BCUT2D eigenvalue weighted by molar-refractivity contribution is 5.68. The third kappa shape index (κ3) is 6.46. The largest absolute Gasteiger partial charge is 0.497 e. The van der Waals surface area contributed by atoms with Crippen molar-refractivity contribution >= 4 is 6.09 Å². The zero-order valence-corrected chi connectivity index (χ0v) is 19.6. The molecular formula is C26H30F3NO5. The van der Waals surface area contributed by atoms with Crippen LogP contribution in [0.3, 0.4) is 0 Å². The molecular weight excluding hydrogens is 463 g/mol. The number of hydrogen-bond donors (Lipinski definition) is 0. The van der Waals surface area contributed by atoms with Crippen LogP contribution < -0.4 is 4.74 Å². The number of amides is 1. The number of benzene rings is 2. The predicted molar refractivity (Wildman–Crippen MR) is 122 cm³/mol. The molecule has 2 heterocycles. The van der Waals surface area contributed by atoms with Gasteiger partial charge in [-0.25, -0.2) is 4.79 Å². The summed E-state index contributed by atoms with van der Waals surface area (Å²) >= 11 is 0. The van der Waals surface area contributed by atoms with E-state index in [4.69, 9.17) is 18.9 Å². The minimum Gasteiger partial charge on any atom is -0.497 e. The highest BCUT2D eigenvalue weighted by Crippen LogP contribution is 2.42. The molecule has 2 atom stereocenters. The predicted octanol–water partition coefficient (Wildman–Crippen LogP) is 5.32. The van der Waals surface area contributed by atoms with E-state index < -0.39 is 25.0 Å². The summed E-state index contributed by atoms with van der Waals surface area (Å²) < 4.78 is 61.8. The van der Waals surface area contributed by atoms with Crippen molar-refractivity contribution in [2.24, 2.45) is 0 Å². The number of carbonyl (C=O) groups is 1. The molecule has 35 heavy (non-hydrogen) atoms. The Bertz CT molecular complexity index is 959. The van der Waals surface area contributed by atoms with E-state index in [0.717, 1.165) is 6.42 Å². The molecule has 0 saturated carbocycles. The van der Waals surface area contributed by atoms with Crippen LogP contribution >= 0.6 is 0 Å². The fraction of sp³-hybridized carbons (Fsp3) is 0.500. The minimum absolute atomic E-state index is 0.0414. The monoisotopic (exact) mass is 493 g/mol. The Morgan fingerprint density at radius 2 is 1.80 bits per heavy atom. The van der Waals surface area contributed by atoms with Gasteiger partial charge in [-0.05, 0) is 42.5 Å². The van der Waals surface area contributed by atoms with Gasteiger partial charge in [0.25, 0.3) is 0 Å². The van der Waals surface area contributed by atoms with Gasteiger partial charge in [-0.3, -0.25) is 0 Å². The second-order valence-corrected chi connectivity index (χ2v) is 9.07. The Hall–Kier alpha value is -2.78. The molecule has 2 aliphatic heterocycles. The topological polar surface area (TPSA) is 57.2 Å². The van der Waals surface area contributed by atoms with Gasteiger partial charge in [-0.1, -0.05) is 42.5 Å². The first-order chi connectivity index (χ1) is 16.8. The molecule has 2 aromatic carbocycles. The normalized spacial score (nSPS) is 20.6. The summed E-state index contributed by atoms with van der Waals surface area (Å²) in [5, 5.41) is 0. The summed E-state index contributed by atoms with van der Waals surface area (Å²) in [4.78, 5) is 13.9. The lowest BCUT2D eigenvalue weighted by Crippen LogP contribution is -2.49. The van der Waals surface area contributed by atoms with Crippen molar-refractivity contribution in [3.05, 3.63) is 65.7 Å². The molecule has 190 valence electrons. The number of nitrogens with zero attached hydrogens (tertiary/aromatic N) is 1. The Labute approximate surface area is 202 Å². The molecule has 2 saturated heterocycles. The molecule has 2 fully saturated rings. The van der Waals surface area contributed by atoms with Crippen LogP contribution in [0.1, 0.15) is 36.3 Å². The maximum atomic E-state index is 13.5. The summed E-state index contributed by atoms with van der Waals surface area (Å²) in [5.74, 6) is 0.921. The highest BCUT2D eigenvalue weighted by Gasteiger charge is 2.46. The molecule has 6 nitrogen and oxygen atoms in total. The van der Waals surface area contributed by atoms with Crippen LogP contribution in [-0.4, -0.2) is 62.3 Å². The van der Waals surface area contributed by atoms with Gasteiger partial charge in [-0.15, -0.1) is 0 Å². The molecule has 0 aliphatic carbocycles. The van der Waals surface area contributed by atoms with E-state index in [9.17, 15) is 18.0 Å². The first kappa shape index (κ1) is 25.3. The van der Waals surface area contributed by atoms with E-state index in [2.05, 4.69) is 12.1 Å². The molecule has 0 bridgehead atoms. The third-order valence-corrected chi connectivity index (χ3v) is 6.72. The van der Waals surface area contributed by atoms with Crippen molar-refractivity contribution in [1.29, 1.82) is 0 Å². The number of methoxy groups -OCH3 is 1. The minimum atomic E-state index is -4.73. The number of rotatable bonds is 7. The number of ether oxygens (including phenoxy) is 4. The fourth-order valence-corrected chi connectivity index (χ4v) is 4.63. The van der Waals surface area contributed by atoms with E-state index >= 15 is 0 Å². The Morgan fingerprint density at radius 3 is 2.43 bits per heavy atom. The summed E-state index contributed by atoms with van der Waals surface area (Å²) in [6.07, 6.45) is -6.08. The van der Waals surface area contributed by atoms with Gasteiger partial charge in [-0.2, -0.15) is 13.2 Å². The van der Waals surface area contributed by atoms with Crippen molar-refractivity contribution in [3.8, 4) is 5.75 Å². The molecule has 2 unspecified atom stereocenters. The molecule has 0 N–H and O–H groups in total. The smallest absolute Gasteiger partial charge is 0.427 e. The van der Waals surface area contributed by atoms with Crippen LogP contribution in [-0.2, 0) is 20.8 Å². The van der Waals surface area contributed by atoms with Crippen molar-refractivity contribution < 1.29 is 36.9 Å². The summed E-state index contributed by atoms with van der Waals surface area (Å²) in [7, 11) is 1.53. The van der Waals surface area contributed by atoms with E-state index in [1.54, 1.807) is 24.3 Å². The quantitative estimate of drug-likeness (QED) is 0.523. The number of halogens is 3.